The van der Waals surface area contributed by atoms with Crippen LogP contribution < -0.4 is 0 Å². The molecule has 0 radical (unpaired) electrons. The van der Waals surface area contributed by atoms with Gasteiger partial charge in [0, 0.05) is 23.6 Å². The molecule has 1 N–H and O–H groups in total. The number of nitro groups is 3. The molecule has 0 saturated carbocycles. The summed E-state index contributed by atoms with van der Waals surface area (Å²) in [7, 11) is 0. The van der Waals surface area contributed by atoms with E-state index in [0.29, 0.717) is 10.9 Å². The third kappa shape index (κ3) is 1.90. The lowest BCUT2D eigenvalue weighted by Crippen LogP contribution is -1.93. The zero-order chi connectivity index (χ0) is 16.0. The number of aromatic amines is 1. The van der Waals surface area contributed by atoms with Gasteiger partial charge in [-0.1, -0.05) is 0 Å². The minimum absolute atomic E-state index is 0.177. The highest BCUT2D eigenvalue weighted by atomic mass is 16.6. The molecule has 0 amide bonds. The minimum atomic E-state index is -0.736. The van der Waals surface area contributed by atoms with Gasteiger partial charge in [-0.05, 0) is 6.07 Å². The summed E-state index contributed by atoms with van der Waals surface area (Å²) in [6, 6.07) is 5.86. The van der Waals surface area contributed by atoms with E-state index in [1.165, 1.54) is 18.2 Å². The van der Waals surface area contributed by atoms with Gasteiger partial charge >= 0.3 is 0 Å². The zero-order valence-electron chi connectivity index (χ0n) is 10.7. The number of fused-ring (bicyclic) bond motifs is 3. The highest BCUT2D eigenvalue weighted by Crippen LogP contribution is 2.37. The number of rotatable bonds is 3. The lowest BCUT2D eigenvalue weighted by Gasteiger charge is -1.96. The van der Waals surface area contributed by atoms with Crippen LogP contribution in [0.15, 0.2) is 30.3 Å². The number of nitrogens with zero attached hydrogens (tertiary/aromatic N) is 3. The van der Waals surface area contributed by atoms with Gasteiger partial charge in [0.15, 0.2) is 0 Å². The summed E-state index contributed by atoms with van der Waals surface area (Å²) in [6.45, 7) is 0. The molecule has 3 rings (SSSR count). The van der Waals surface area contributed by atoms with Crippen LogP contribution in [0.2, 0.25) is 0 Å². The Labute approximate surface area is 120 Å². The molecule has 10 nitrogen and oxygen atoms in total. The second kappa shape index (κ2) is 4.48. The van der Waals surface area contributed by atoms with E-state index in [2.05, 4.69) is 4.98 Å². The first kappa shape index (κ1) is 13.4. The first-order chi connectivity index (χ1) is 10.4. The Kier molecular flexibility index (Phi) is 2.73. The number of hydrogen-bond acceptors (Lipinski definition) is 6. The van der Waals surface area contributed by atoms with Gasteiger partial charge in [-0.25, -0.2) is 0 Å². The average Bonchev–Trinajstić information content (AvgIpc) is 2.82. The number of non-ortho nitro benzene ring substituents is 3. The summed E-state index contributed by atoms with van der Waals surface area (Å²) in [6.07, 6.45) is 0. The number of nitrogens with one attached hydrogen (secondary N) is 1. The van der Waals surface area contributed by atoms with Crippen LogP contribution in [0.1, 0.15) is 0 Å². The third-order valence-corrected chi connectivity index (χ3v) is 3.26. The van der Waals surface area contributed by atoms with Crippen molar-refractivity contribution in [1.29, 1.82) is 0 Å². The molecule has 22 heavy (non-hydrogen) atoms. The SMILES string of the molecule is O=[N+]([O-])c1ccc2c(c1)[nH]c1cc([N+](=O)[O-])cc([N+](=O)[O-])c12. The van der Waals surface area contributed by atoms with E-state index in [4.69, 9.17) is 0 Å². The molecule has 0 atom stereocenters. The van der Waals surface area contributed by atoms with Crippen LogP contribution in [0.3, 0.4) is 0 Å². The standard InChI is InChI=1S/C12H6N4O6/c17-14(18)6-1-2-8-9(3-6)13-10-4-7(15(19)20)5-11(12(8)10)16(21)22/h1-5,13H. The fourth-order valence-corrected chi connectivity index (χ4v) is 2.36. The molecule has 0 bridgehead atoms. The van der Waals surface area contributed by atoms with E-state index < -0.39 is 26.1 Å². The van der Waals surface area contributed by atoms with Crippen LogP contribution in [0.4, 0.5) is 17.1 Å². The first-order valence-corrected chi connectivity index (χ1v) is 5.91. The van der Waals surface area contributed by atoms with Crippen LogP contribution in [0.5, 0.6) is 0 Å². The maximum absolute atomic E-state index is 11.2. The highest BCUT2D eigenvalue weighted by molar-refractivity contribution is 6.12. The summed E-state index contributed by atoms with van der Waals surface area (Å²) in [5.74, 6) is 0. The van der Waals surface area contributed by atoms with Crippen molar-refractivity contribution in [3.8, 4) is 0 Å². The first-order valence-electron chi connectivity index (χ1n) is 5.91. The van der Waals surface area contributed by atoms with Crippen LogP contribution in [-0.2, 0) is 0 Å². The van der Waals surface area contributed by atoms with Gasteiger partial charge in [0.05, 0.1) is 37.3 Å². The van der Waals surface area contributed by atoms with E-state index in [1.807, 2.05) is 0 Å². The van der Waals surface area contributed by atoms with Crippen molar-refractivity contribution >= 4 is 38.9 Å². The summed E-state index contributed by atoms with van der Waals surface area (Å²) in [4.78, 5) is 33.5. The second-order valence-corrected chi connectivity index (χ2v) is 4.51. The van der Waals surface area contributed by atoms with Gasteiger partial charge < -0.3 is 4.98 Å². The maximum atomic E-state index is 11.2. The molecule has 0 aliphatic carbocycles. The van der Waals surface area contributed by atoms with Gasteiger partial charge in [0.1, 0.15) is 0 Å². The molecule has 0 aliphatic rings. The van der Waals surface area contributed by atoms with Crippen LogP contribution in [0, 0.1) is 30.3 Å². The maximum Gasteiger partial charge on any atom is 0.286 e. The monoisotopic (exact) mass is 302 g/mol. The van der Waals surface area contributed by atoms with Crippen molar-refractivity contribution in [2.24, 2.45) is 0 Å². The number of benzene rings is 2. The molecule has 0 aliphatic heterocycles. The van der Waals surface area contributed by atoms with E-state index in [-0.39, 0.29) is 16.6 Å². The van der Waals surface area contributed by atoms with Gasteiger partial charge in [-0.15, -0.1) is 0 Å². The predicted molar refractivity (Wildman–Crippen MR) is 75.8 cm³/mol. The van der Waals surface area contributed by atoms with Crippen molar-refractivity contribution < 1.29 is 14.8 Å². The van der Waals surface area contributed by atoms with Crippen LogP contribution in [-0.4, -0.2) is 19.8 Å². The van der Waals surface area contributed by atoms with Gasteiger partial charge in [0.25, 0.3) is 17.1 Å². The average molecular weight is 302 g/mol. The van der Waals surface area contributed by atoms with E-state index in [0.717, 1.165) is 12.1 Å². The Morgan fingerprint density at radius 3 is 2.00 bits per heavy atom. The summed E-state index contributed by atoms with van der Waals surface area (Å²) < 4.78 is 0. The minimum Gasteiger partial charge on any atom is -0.354 e. The van der Waals surface area contributed by atoms with Crippen molar-refractivity contribution in [2.75, 3.05) is 0 Å². The lowest BCUT2D eigenvalue weighted by molar-refractivity contribution is -0.393. The molecule has 1 aromatic heterocycles. The Hall–Kier alpha value is -3.56. The Morgan fingerprint density at radius 2 is 1.41 bits per heavy atom. The van der Waals surface area contributed by atoms with E-state index in [9.17, 15) is 30.3 Å². The highest BCUT2D eigenvalue weighted by Gasteiger charge is 2.23. The molecule has 0 spiro atoms. The number of nitro benzene ring substituents is 3. The quantitative estimate of drug-likeness (QED) is 0.581. The van der Waals surface area contributed by atoms with Crippen molar-refractivity contribution in [3.63, 3.8) is 0 Å². The van der Waals surface area contributed by atoms with E-state index in [1.54, 1.807) is 0 Å². The molecule has 2 aromatic carbocycles. The second-order valence-electron chi connectivity index (χ2n) is 4.51. The lowest BCUT2D eigenvalue weighted by atomic mass is 10.1. The van der Waals surface area contributed by atoms with Crippen molar-refractivity contribution in [2.45, 2.75) is 0 Å². The normalized spacial score (nSPS) is 10.9. The van der Waals surface area contributed by atoms with Crippen LogP contribution in [0.25, 0.3) is 21.8 Å². The summed E-state index contributed by atoms with van der Waals surface area (Å²) >= 11 is 0. The van der Waals surface area contributed by atoms with E-state index >= 15 is 0 Å². The topological polar surface area (TPSA) is 145 Å². The molecule has 3 aromatic rings. The third-order valence-electron chi connectivity index (χ3n) is 3.26. The van der Waals surface area contributed by atoms with Gasteiger partial charge in [-0.2, -0.15) is 0 Å². The van der Waals surface area contributed by atoms with Gasteiger partial charge in [0.2, 0.25) is 0 Å². The zero-order valence-corrected chi connectivity index (χ0v) is 10.7. The fraction of sp³-hybridized carbons (Fsp3) is 0. The largest absolute Gasteiger partial charge is 0.354 e. The Bertz CT molecular complexity index is 977. The number of hydrogen-bond donors (Lipinski definition) is 1. The molecule has 0 unspecified atom stereocenters. The summed E-state index contributed by atoms with van der Waals surface area (Å²) in [5.41, 5.74) is -0.565. The molecular formula is C12H6N4O6. The number of H-pyrrole nitrogens is 1. The summed E-state index contributed by atoms with van der Waals surface area (Å²) in [5, 5.41) is 33.4. The van der Waals surface area contributed by atoms with Crippen LogP contribution >= 0.6 is 0 Å². The van der Waals surface area contributed by atoms with Crippen molar-refractivity contribution in [3.05, 3.63) is 60.7 Å². The fourth-order valence-electron chi connectivity index (χ4n) is 2.36. The Balaban J connectivity index is 2.44. The molecule has 0 fully saturated rings. The molecule has 110 valence electrons. The van der Waals surface area contributed by atoms with Crippen molar-refractivity contribution in [1.82, 2.24) is 4.98 Å². The number of aromatic nitrogens is 1. The predicted octanol–water partition coefficient (Wildman–Crippen LogP) is 3.05. The smallest absolute Gasteiger partial charge is 0.286 e. The Morgan fingerprint density at radius 1 is 0.773 bits per heavy atom. The van der Waals surface area contributed by atoms with Gasteiger partial charge in [-0.3, -0.25) is 30.3 Å². The molecular weight excluding hydrogens is 296 g/mol. The molecule has 0 saturated heterocycles. The molecule has 10 heteroatoms. The molecule has 1 heterocycles.